The Balaban J connectivity index is 2.15. The Morgan fingerprint density at radius 1 is 1.25 bits per heavy atom. The van der Waals surface area contributed by atoms with Gasteiger partial charge in [0, 0.05) is 0 Å². The highest BCUT2D eigenvalue weighted by molar-refractivity contribution is 5.92. The third kappa shape index (κ3) is 3.12. The lowest BCUT2D eigenvalue weighted by molar-refractivity contribution is -0.115. The van der Waals surface area contributed by atoms with Crippen LogP contribution in [0.25, 0.3) is 0 Å². The number of nitrogens with one attached hydrogen (secondary N) is 1. The highest BCUT2D eigenvalue weighted by atomic mass is 19.1. The van der Waals surface area contributed by atoms with Crippen molar-refractivity contribution in [2.24, 2.45) is 0 Å². The van der Waals surface area contributed by atoms with E-state index in [9.17, 15) is 18.7 Å². The molecule has 0 saturated carbocycles. The number of carbonyl (C=O) groups excluding carboxylic acids is 1. The zero-order valence-corrected chi connectivity index (χ0v) is 10.8. The number of hydrogen-bond acceptors (Lipinski definition) is 2. The summed E-state index contributed by atoms with van der Waals surface area (Å²) in [6.45, 7) is 1.49. The largest absolute Gasteiger partial charge is 0.508 e. The Labute approximate surface area is 114 Å². The summed E-state index contributed by atoms with van der Waals surface area (Å²) >= 11 is 0. The Kier molecular flexibility index (Phi) is 3.98. The highest BCUT2D eigenvalue weighted by Crippen LogP contribution is 2.22. The maximum Gasteiger partial charge on any atom is 0.228 e. The molecule has 0 aliphatic carbocycles. The molecule has 0 unspecified atom stereocenters. The molecule has 0 saturated heterocycles. The van der Waals surface area contributed by atoms with Gasteiger partial charge in [0.1, 0.15) is 17.3 Å². The lowest BCUT2D eigenvalue weighted by Crippen LogP contribution is -2.16. The predicted octanol–water partition coefficient (Wildman–Crippen LogP) is 3.16. The summed E-state index contributed by atoms with van der Waals surface area (Å²) in [6.07, 6.45) is -0.0821. The van der Waals surface area contributed by atoms with Crippen molar-refractivity contribution in [3.05, 3.63) is 59.2 Å². The van der Waals surface area contributed by atoms with Gasteiger partial charge in [-0.1, -0.05) is 18.2 Å². The number of phenols is 1. The molecule has 0 aliphatic rings. The quantitative estimate of drug-likeness (QED) is 0.905. The summed E-state index contributed by atoms with van der Waals surface area (Å²) in [5, 5.41) is 11.5. The zero-order chi connectivity index (χ0) is 14.7. The second kappa shape index (κ2) is 5.69. The molecule has 2 rings (SSSR count). The van der Waals surface area contributed by atoms with Crippen LogP contribution in [0.1, 0.15) is 11.1 Å². The maximum atomic E-state index is 13.7. The molecule has 0 radical (unpaired) electrons. The number of amides is 1. The van der Waals surface area contributed by atoms with Gasteiger partial charge in [0.05, 0.1) is 6.42 Å². The minimum Gasteiger partial charge on any atom is -0.508 e. The van der Waals surface area contributed by atoms with Gasteiger partial charge in [0.25, 0.3) is 0 Å². The van der Waals surface area contributed by atoms with Crippen LogP contribution >= 0.6 is 0 Å². The van der Waals surface area contributed by atoms with E-state index < -0.39 is 23.2 Å². The molecule has 1 amide bonds. The molecular weight excluding hydrogens is 264 g/mol. The van der Waals surface area contributed by atoms with Crippen LogP contribution in [0.5, 0.6) is 5.75 Å². The Hall–Kier alpha value is -2.43. The van der Waals surface area contributed by atoms with Crippen molar-refractivity contribution >= 4 is 11.6 Å². The smallest absolute Gasteiger partial charge is 0.228 e. The van der Waals surface area contributed by atoms with Gasteiger partial charge < -0.3 is 10.4 Å². The minimum atomic E-state index is -0.822. The Bertz CT molecular complexity index is 656. The van der Waals surface area contributed by atoms with E-state index in [0.29, 0.717) is 5.56 Å². The van der Waals surface area contributed by atoms with E-state index in [-0.39, 0.29) is 17.7 Å². The molecule has 0 spiro atoms. The third-order valence-electron chi connectivity index (χ3n) is 2.82. The van der Waals surface area contributed by atoms with Crippen molar-refractivity contribution in [3.63, 3.8) is 0 Å². The fraction of sp³-hybridized carbons (Fsp3) is 0.133. The van der Waals surface area contributed by atoms with Crippen LogP contribution in [0.2, 0.25) is 0 Å². The number of anilines is 1. The van der Waals surface area contributed by atoms with Crippen molar-refractivity contribution in [1.29, 1.82) is 0 Å². The standard InChI is InChI=1S/C15H13F2NO2/c1-9-5-6-12(16)15(14(9)17)18-13(20)8-10-3-2-4-11(19)7-10/h2-7,19H,8H2,1H3,(H,18,20). The van der Waals surface area contributed by atoms with E-state index in [1.807, 2.05) is 0 Å². The Morgan fingerprint density at radius 2 is 2.00 bits per heavy atom. The first-order valence-corrected chi connectivity index (χ1v) is 5.99. The highest BCUT2D eigenvalue weighted by Gasteiger charge is 2.14. The molecule has 0 fully saturated rings. The van der Waals surface area contributed by atoms with Crippen LogP contribution in [0.4, 0.5) is 14.5 Å². The summed E-state index contributed by atoms with van der Waals surface area (Å²) in [6, 6.07) is 8.52. The number of aryl methyl sites for hydroxylation is 1. The first-order valence-electron chi connectivity index (χ1n) is 5.99. The van der Waals surface area contributed by atoms with E-state index >= 15 is 0 Å². The van der Waals surface area contributed by atoms with Crippen molar-refractivity contribution in [2.75, 3.05) is 5.32 Å². The van der Waals surface area contributed by atoms with Crippen LogP contribution in [-0.4, -0.2) is 11.0 Å². The monoisotopic (exact) mass is 277 g/mol. The molecule has 0 aromatic heterocycles. The summed E-state index contributed by atoms with van der Waals surface area (Å²) in [5.74, 6) is -2.13. The van der Waals surface area contributed by atoms with Crippen molar-refractivity contribution < 1.29 is 18.7 Å². The van der Waals surface area contributed by atoms with E-state index in [0.717, 1.165) is 6.07 Å². The van der Waals surface area contributed by atoms with E-state index in [1.54, 1.807) is 12.1 Å². The van der Waals surface area contributed by atoms with Crippen molar-refractivity contribution in [2.45, 2.75) is 13.3 Å². The van der Waals surface area contributed by atoms with Gasteiger partial charge in [-0.15, -0.1) is 0 Å². The average molecular weight is 277 g/mol. The molecule has 2 aromatic carbocycles. The summed E-state index contributed by atoms with van der Waals surface area (Å²) in [4.78, 5) is 11.8. The van der Waals surface area contributed by atoms with Gasteiger partial charge in [-0.05, 0) is 36.2 Å². The minimum absolute atomic E-state index is 0.0308. The van der Waals surface area contributed by atoms with Gasteiger partial charge in [0.15, 0.2) is 5.82 Å². The summed E-state index contributed by atoms with van der Waals surface area (Å²) < 4.78 is 27.2. The number of carbonyl (C=O) groups is 1. The normalized spacial score (nSPS) is 10.3. The molecule has 2 N–H and O–H groups in total. The SMILES string of the molecule is Cc1ccc(F)c(NC(=O)Cc2cccc(O)c2)c1F. The number of benzene rings is 2. The predicted molar refractivity (Wildman–Crippen MR) is 71.5 cm³/mol. The molecule has 5 heteroatoms. The van der Waals surface area contributed by atoms with Gasteiger partial charge in [-0.25, -0.2) is 8.78 Å². The number of hydrogen-bond donors (Lipinski definition) is 2. The molecule has 0 atom stereocenters. The number of halogens is 2. The maximum absolute atomic E-state index is 13.7. The molecule has 2 aromatic rings. The van der Waals surface area contributed by atoms with Gasteiger partial charge in [0.2, 0.25) is 5.91 Å². The van der Waals surface area contributed by atoms with Crippen molar-refractivity contribution in [3.8, 4) is 5.75 Å². The average Bonchev–Trinajstić information content (AvgIpc) is 2.39. The van der Waals surface area contributed by atoms with Gasteiger partial charge >= 0.3 is 0 Å². The lowest BCUT2D eigenvalue weighted by atomic mass is 10.1. The first kappa shape index (κ1) is 14.0. The molecule has 3 nitrogen and oxygen atoms in total. The molecule has 104 valence electrons. The molecule has 0 aliphatic heterocycles. The fourth-order valence-corrected chi connectivity index (χ4v) is 1.81. The summed E-state index contributed by atoms with van der Waals surface area (Å²) in [7, 11) is 0. The number of phenolic OH excluding ortho intramolecular Hbond substituents is 1. The van der Waals surface area contributed by atoms with Crippen LogP contribution in [0.15, 0.2) is 36.4 Å². The summed E-state index contributed by atoms with van der Waals surface area (Å²) in [5.41, 5.74) is 0.352. The zero-order valence-electron chi connectivity index (χ0n) is 10.8. The fourth-order valence-electron chi connectivity index (χ4n) is 1.81. The molecule has 20 heavy (non-hydrogen) atoms. The Morgan fingerprint density at radius 3 is 2.70 bits per heavy atom. The van der Waals surface area contributed by atoms with E-state index in [1.165, 1.54) is 25.1 Å². The topological polar surface area (TPSA) is 49.3 Å². The van der Waals surface area contributed by atoms with Gasteiger partial charge in [-0.3, -0.25) is 4.79 Å². The molecule has 0 bridgehead atoms. The van der Waals surface area contributed by atoms with Crippen LogP contribution in [0, 0.1) is 18.6 Å². The second-order valence-electron chi connectivity index (χ2n) is 4.45. The lowest BCUT2D eigenvalue weighted by Gasteiger charge is -2.09. The number of rotatable bonds is 3. The van der Waals surface area contributed by atoms with Crippen LogP contribution in [-0.2, 0) is 11.2 Å². The number of aromatic hydroxyl groups is 1. The van der Waals surface area contributed by atoms with Gasteiger partial charge in [-0.2, -0.15) is 0 Å². The first-order chi connectivity index (χ1) is 9.47. The van der Waals surface area contributed by atoms with Crippen LogP contribution in [0.3, 0.4) is 0 Å². The molecular formula is C15H13F2NO2. The van der Waals surface area contributed by atoms with Crippen molar-refractivity contribution in [1.82, 2.24) is 0 Å². The van der Waals surface area contributed by atoms with Crippen LogP contribution < -0.4 is 5.32 Å². The molecule has 0 heterocycles. The third-order valence-corrected chi connectivity index (χ3v) is 2.82. The van der Waals surface area contributed by atoms with E-state index in [4.69, 9.17) is 0 Å². The van der Waals surface area contributed by atoms with E-state index in [2.05, 4.69) is 5.32 Å². The second-order valence-corrected chi connectivity index (χ2v) is 4.45.